The van der Waals surface area contributed by atoms with Crippen LogP contribution in [-0.2, 0) is 13.1 Å². The zero-order valence-corrected chi connectivity index (χ0v) is 16.4. The van der Waals surface area contributed by atoms with Gasteiger partial charge in [-0.2, -0.15) is 0 Å². The number of methoxy groups -OCH3 is 1. The molecule has 0 atom stereocenters. The molecule has 0 unspecified atom stereocenters. The molecule has 0 bridgehead atoms. The van der Waals surface area contributed by atoms with Gasteiger partial charge in [-0.3, -0.25) is 14.6 Å². The van der Waals surface area contributed by atoms with Crippen LogP contribution in [0.25, 0.3) is 0 Å². The first-order valence-electron chi connectivity index (χ1n) is 9.03. The molecule has 0 saturated heterocycles. The molecule has 0 radical (unpaired) electrons. The Bertz CT molecular complexity index is 1090. The lowest BCUT2D eigenvalue weighted by Crippen LogP contribution is -2.25. The summed E-state index contributed by atoms with van der Waals surface area (Å²) in [6, 6.07) is 15.9. The summed E-state index contributed by atoms with van der Waals surface area (Å²) in [6.45, 7) is 0.837. The highest BCUT2D eigenvalue weighted by molar-refractivity contribution is 6.32. The van der Waals surface area contributed by atoms with Crippen molar-refractivity contribution >= 4 is 29.1 Å². The van der Waals surface area contributed by atoms with Crippen LogP contribution >= 0.6 is 11.6 Å². The molecule has 1 aromatic heterocycles. The molecule has 7 heteroatoms. The highest BCUT2D eigenvalue weighted by Crippen LogP contribution is 2.30. The van der Waals surface area contributed by atoms with Crippen LogP contribution in [-0.4, -0.2) is 28.8 Å². The molecule has 2 heterocycles. The van der Waals surface area contributed by atoms with Crippen molar-refractivity contribution < 1.29 is 14.3 Å². The Labute approximate surface area is 173 Å². The minimum Gasteiger partial charge on any atom is -0.495 e. The summed E-state index contributed by atoms with van der Waals surface area (Å²) in [4.78, 5) is 31.8. The maximum absolute atomic E-state index is 13.0. The molecule has 146 valence electrons. The lowest BCUT2D eigenvalue weighted by Gasteiger charge is -2.15. The third-order valence-corrected chi connectivity index (χ3v) is 5.04. The summed E-state index contributed by atoms with van der Waals surface area (Å²) in [5.74, 6) is -0.0223. The summed E-state index contributed by atoms with van der Waals surface area (Å²) >= 11 is 6.13. The maximum atomic E-state index is 13.0. The van der Waals surface area contributed by atoms with Crippen LogP contribution in [0.4, 0.5) is 5.69 Å². The Kier molecular flexibility index (Phi) is 5.18. The van der Waals surface area contributed by atoms with Gasteiger partial charge in [-0.25, -0.2) is 0 Å². The third kappa shape index (κ3) is 3.79. The molecule has 1 N–H and O–H groups in total. The monoisotopic (exact) mass is 407 g/mol. The number of amides is 2. The van der Waals surface area contributed by atoms with Crippen molar-refractivity contribution in [1.82, 2.24) is 9.88 Å². The van der Waals surface area contributed by atoms with Gasteiger partial charge in [0.05, 0.1) is 35.5 Å². The van der Waals surface area contributed by atoms with Crippen molar-refractivity contribution in [2.24, 2.45) is 0 Å². The van der Waals surface area contributed by atoms with Crippen LogP contribution in [0.1, 0.15) is 32.0 Å². The van der Waals surface area contributed by atoms with Crippen molar-refractivity contribution in [2.75, 3.05) is 12.4 Å². The van der Waals surface area contributed by atoms with E-state index in [1.807, 2.05) is 24.3 Å². The quantitative estimate of drug-likeness (QED) is 0.689. The summed E-state index contributed by atoms with van der Waals surface area (Å²) in [6.07, 6.45) is 1.70. The van der Waals surface area contributed by atoms with Gasteiger partial charge in [0.2, 0.25) is 0 Å². The minimum atomic E-state index is -0.365. The molecule has 3 aromatic rings. The summed E-state index contributed by atoms with van der Waals surface area (Å²) in [7, 11) is 1.52. The van der Waals surface area contributed by atoms with Crippen LogP contribution < -0.4 is 10.1 Å². The standard InChI is InChI=1S/C22H18ClN3O3/c1-29-19-9-8-15(11-18(19)23)25-21(27)17-7-4-5-14-12-26(22(28)20(14)17)13-16-6-2-3-10-24-16/h2-11H,12-13H2,1H3,(H,25,27). The van der Waals surface area contributed by atoms with Gasteiger partial charge < -0.3 is 15.0 Å². The van der Waals surface area contributed by atoms with E-state index in [0.29, 0.717) is 40.7 Å². The Morgan fingerprint density at radius 2 is 2.07 bits per heavy atom. The Morgan fingerprint density at radius 3 is 2.79 bits per heavy atom. The first kappa shape index (κ1) is 19.0. The SMILES string of the molecule is COc1ccc(NC(=O)c2cccc3c2C(=O)N(Cc2ccccn2)C3)cc1Cl. The van der Waals surface area contributed by atoms with E-state index in [1.54, 1.807) is 41.4 Å². The Morgan fingerprint density at radius 1 is 1.21 bits per heavy atom. The molecule has 2 amide bonds. The fourth-order valence-corrected chi connectivity index (χ4v) is 3.62. The van der Waals surface area contributed by atoms with Crippen LogP contribution in [0.2, 0.25) is 5.02 Å². The van der Waals surface area contributed by atoms with Gasteiger partial charge in [0.1, 0.15) is 5.75 Å². The van der Waals surface area contributed by atoms with Gasteiger partial charge in [0.15, 0.2) is 0 Å². The number of pyridine rings is 1. The van der Waals surface area contributed by atoms with E-state index < -0.39 is 0 Å². The van der Waals surface area contributed by atoms with Crippen LogP contribution in [0.15, 0.2) is 60.8 Å². The number of carbonyl (C=O) groups is 2. The fraction of sp³-hybridized carbons (Fsp3) is 0.136. The smallest absolute Gasteiger partial charge is 0.256 e. The van der Waals surface area contributed by atoms with Crippen LogP contribution in [0, 0.1) is 0 Å². The van der Waals surface area contributed by atoms with Crippen molar-refractivity contribution in [2.45, 2.75) is 13.1 Å². The largest absolute Gasteiger partial charge is 0.495 e. The molecule has 29 heavy (non-hydrogen) atoms. The number of hydrogen-bond donors (Lipinski definition) is 1. The highest BCUT2D eigenvalue weighted by Gasteiger charge is 2.32. The first-order valence-corrected chi connectivity index (χ1v) is 9.40. The third-order valence-electron chi connectivity index (χ3n) is 4.75. The van der Waals surface area contributed by atoms with Crippen molar-refractivity contribution in [3.05, 3.63) is 88.2 Å². The average molecular weight is 408 g/mol. The number of aromatic nitrogens is 1. The number of nitrogens with one attached hydrogen (secondary N) is 1. The van der Waals surface area contributed by atoms with E-state index in [0.717, 1.165) is 11.3 Å². The van der Waals surface area contributed by atoms with E-state index >= 15 is 0 Å². The van der Waals surface area contributed by atoms with Crippen LogP contribution in [0.5, 0.6) is 5.75 Å². The maximum Gasteiger partial charge on any atom is 0.256 e. The number of carbonyl (C=O) groups excluding carboxylic acids is 2. The second-order valence-corrected chi connectivity index (χ2v) is 7.03. The molecule has 0 spiro atoms. The number of benzene rings is 2. The molecule has 0 saturated carbocycles. The van der Waals surface area contributed by atoms with Gasteiger partial charge >= 0.3 is 0 Å². The number of halogens is 1. The normalized spacial score (nSPS) is 12.6. The van der Waals surface area contributed by atoms with Gasteiger partial charge in [0, 0.05) is 18.4 Å². The lowest BCUT2D eigenvalue weighted by atomic mass is 10.0. The average Bonchev–Trinajstić information content (AvgIpc) is 3.04. The zero-order valence-electron chi connectivity index (χ0n) is 15.7. The topological polar surface area (TPSA) is 71.5 Å². The minimum absolute atomic E-state index is 0.177. The fourth-order valence-electron chi connectivity index (χ4n) is 3.37. The second kappa shape index (κ2) is 7.93. The zero-order chi connectivity index (χ0) is 20.4. The van der Waals surface area contributed by atoms with Gasteiger partial charge in [0.25, 0.3) is 11.8 Å². The van der Waals surface area contributed by atoms with Crippen molar-refractivity contribution in [1.29, 1.82) is 0 Å². The van der Waals surface area contributed by atoms with Gasteiger partial charge in [-0.1, -0.05) is 29.8 Å². The van der Waals surface area contributed by atoms with Crippen molar-refractivity contribution in [3.63, 3.8) is 0 Å². The summed E-state index contributed by atoms with van der Waals surface area (Å²) in [5.41, 5.74) is 2.91. The van der Waals surface area contributed by atoms with E-state index in [4.69, 9.17) is 16.3 Å². The second-order valence-electron chi connectivity index (χ2n) is 6.63. The molecule has 4 rings (SSSR count). The molecule has 2 aromatic carbocycles. The molecule has 1 aliphatic heterocycles. The molecule has 0 aliphatic carbocycles. The molecule has 6 nitrogen and oxygen atoms in total. The number of hydrogen-bond acceptors (Lipinski definition) is 4. The predicted molar refractivity (Wildman–Crippen MR) is 110 cm³/mol. The first-order chi connectivity index (χ1) is 14.1. The highest BCUT2D eigenvalue weighted by atomic mass is 35.5. The van der Waals surface area contributed by atoms with Gasteiger partial charge in [-0.05, 0) is 42.0 Å². The van der Waals surface area contributed by atoms with E-state index in [9.17, 15) is 9.59 Å². The molecular formula is C22H18ClN3O3. The number of rotatable bonds is 5. The van der Waals surface area contributed by atoms with Gasteiger partial charge in [-0.15, -0.1) is 0 Å². The lowest BCUT2D eigenvalue weighted by molar-refractivity contribution is 0.0761. The van der Waals surface area contributed by atoms with E-state index in [2.05, 4.69) is 10.3 Å². The number of ether oxygens (including phenoxy) is 1. The Hall–Kier alpha value is -3.38. The predicted octanol–water partition coefficient (Wildman–Crippen LogP) is 4.15. The molecular weight excluding hydrogens is 390 g/mol. The number of fused-ring (bicyclic) bond motifs is 1. The van der Waals surface area contributed by atoms with E-state index in [-0.39, 0.29) is 11.8 Å². The molecule has 1 aliphatic rings. The number of anilines is 1. The Balaban J connectivity index is 1.57. The number of nitrogens with zero attached hydrogens (tertiary/aromatic N) is 2. The summed E-state index contributed by atoms with van der Waals surface area (Å²) in [5, 5.41) is 3.19. The van der Waals surface area contributed by atoms with Crippen molar-refractivity contribution in [3.8, 4) is 5.75 Å². The molecule has 0 fully saturated rings. The van der Waals surface area contributed by atoms with E-state index in [1.165, 1.54) is 7.11 Å². The summed E-state index contributed by atoms with van der Waals surface area (Å²) < 4.78 is 5.12. The van der Waals surface area contributed by atoms with Crippen LogP contribution in [0.3, 0.4) is 0 Å².